The first-order chi connectivity index (χ1) is 8.74. The molecule has 3 rings (SSSR count). The van der Waals surface area contributed by atoms with Gasteiger partial charge in [-0.05, 0) is 24.3 Å². The molecule has 88 valence electrons. The monoisotopic (exact) mass is 274 g/mol. The largest absolute Gasteiger partial charge is 0.158 e. The molecule has 0 amide bonds. The molecule has 1 heterocycles. The SMILES string of the molecule is Clc1ccc(-c2nncc3ccc(Cl)cc23)cc1. The van der Waals surface area contributed by atoms with Crippen molar-refractivity contribution < 1.29 is 0 Å². The van der Waals surface area contributed by atoms with Gasteiger partial charge in [0, 0.05) is 26.4 Å². The maximum atomic E-state index is 6.03. The Morgan fingerprint density at radius 2 is 1.56 bits per heavy atom. The molecule has 0 N–H and O–H groups in total. The topological polar surface area (TPSA) is 25.8 Å². The Hall–Kier alpha value is -1.64. The quantitative estimate of drug-likeness (QED) is 0.648. The molecule has 2 aromatic carbocycles. The Morgan fingerprint density at radius 3 is 2.33 bits per heavy atom. The fourth-order valence-electron chi connectivity index (χ4n) is 1.87. The van der Waals surface area contributed by atoms with Crippen LogP contribution in [0.15, 0.2) is 48.7 Å². The van der Waals surface area contributed by atoms with Crippen molar-refractivity contribution in [3.63, 3.8) is 0 Å². The number of rotatable bonds is 1. The maximum Gasteiger partial charge on any atom is 0.101 e. The molecule has 0 saturated heterocycles. The third kappa shape index (κ3) is 2.05. The van der Waals surface area contributed by atoms with Crippen LogP contribution in [-0.4, -0.2) is 10.2 Å². The van der Waals surface area contributed by atoms with Crippen LogP contribution in [0.25, 0.3) is 22.0 Å². The lowest BCUT2D eigenvalue weighted by Gasteiger charge is -2.05. The number of hydrogen-bond donors (Lipinski definition) is 0. The summed E-state index contributed by atoms with van der Waals surface area (Å²) in [5.74, 6) is 0. The molecule has 0 aliphatic rings. The third-order valence-electron chi connectivity index (χ3n) is 2.74. The van der Waals surface area contributed by atoms with E-state index < -0.39 is 0 Å². The van der Waals surface area contributed by atoms with Gasteiger partial charge in [-0.1, -0.05) is 41.4 Å². The summed E-state index contributed by atoms with van der Waals surface area (Å²) in [5, 5.41) is 11.6. The van der Waals surface area contributed by atoms with Crippen molar-refractivity contribution in [3.8, 4) is 11.3 Å². The third-order valence-corrected chi connectivity index (χ3v) is 3.23. The zero-order valence-electron chi connectivity index (χ0n) is 9.27. The van der Waals surface area contributed by atoms with Crippen molar-refractivity contribution in [2.75, 3.05) is 0 Å². The molecule has 18 heavy (non-hydrogen) atoms. The molecule has 0 unspecified atom stereocenters. The molecule has 0 aliphatic heterocycles. The van der Waals surface area contributed by atoms with Crippen molar-refractivity contribution in [2.45, 2.75) is 0 Å². The standard InChI is InChI=1S/C14H8Cl2N2/c15-11-4-1-9(2-5-11)14-13-7-12(16)6-3-10(13)8-17-18-14/h1-8H. The maximum absolute atomic E-state index is 6.03. The minimum absolute atomic E-state index is 0.686. The van der Waals surface area contributed by atoms with E-state index in [1.165, 1.54) is 0 Å². The summed E-state index contributed by atoms with van der Waals surface area (Å²) in [6.45, 7) is 0. The zero-order chi connectivity index (χ0) is 12.5. The van der Waals surface area contributed by atoms with E-state index in [2.05, 4.69) is 10.2 Å². The van der Waals surface area contributed by atoms with Gasteiger partial charge in [0.15, 0.2) is 0 Å². The van der Waals surface area contributed by atoms with Crippen molar-refractivity contribution >= 4 is 34.0 Å². The summed E-state index contributed by atoms with van der Waals surface area (Å²) in [6.07, 6.45) is 1.73. The van der Waals surface area contributed by atoms with Crippen LogP contribution >= 0.6 is 23.2 Å². The predicted octanol–water partition coefficient (Wildman–Crippen LogP) is 4.60. The lowest BCUT2D eigenvalue weighted by molar-refractivity contribution is 1.06. The molecule has 2 nitrogen and oxygen atoms in total. The van der Waals surface area contributed by atoms with Gasteiger partial charge in [0.2, 0.25) is 0 Å². The number of hydrogen-bond acceptors (Lipinski definition) is 2. The Labute approximate surface area is 114 Å². The molecule has 0 radical (unpaired) electrons. The van der Waals surface area contributed by atoms with Crippen LogP contribution in [-0.2, 0) is 0 Å². The second-order valence-electron chi connectivity index (χ2n) is 3.93. The summed E-state index contributed by atoms with van der Waals surface area (Å²) in [7, 11) is 0. The Kier molecular flexibility index (Phi) is 2.90. The molecule has 0 fully saturated rings. The number of fused-ring (bicyclic) bond motifs is 1. The molecule has 4 heteroatoms. The van der Waals surface area contributed by atoms with Crippen LogP contribution in [0.5, 0.6) is 0 Å². The number of aromatic nitrogens is 2. The number of halogens is 2. The lowest BCUT2D eigenvalue weighted by Crippen LogP contribution is -1.89. The van der Waals surface area contributed by atoms with E-state index in [0.29, 0.717) is 10.0 Å². The van der Waals surface area contributed by atoms with E-state index >= 15 is 0 Å². The highest BCUT2D eigenvalue weighted by molar-refractivity contribution is 6.31. The Balaban J connectivity index is 2.28. The summed E-state index contributed by atoms with van der Waals surface area (Å²) in [6, 6.07) is 13.2. The van der Waals surface area contributed by atoms with E-state index in [4.69, 9.17) is 23.2 Å². The summed E-state index contributed by atoms with van der Waals surface area (Å²) < 4.78 is 0. The highest BCUT2D eigenvalue weighted by atomic mass is 35.5. The normalized spacial score (nSPS) is 10.8. The van der Waals surface area contributed by atoms with Gasteiger partial charge in [0.1, 0.15) is 5.69 Å². The van der Waals surface area contributed by atoms with Crippen molar-refractivity contribution in [1.29, 1.82) is 0 Å². The highest BCUT2D eigenvalue weighted by Gasteiger charge is 2.06. The first-order valence-electron chi connectivity index (χ1n) is 5.41. The van der Waals surface area contributed by atoms with Crippen LogP contribution in [0.2, 0.25) is 10.0 Å². The van der Waals surface area contributed by atoms with E-state index in [-0.39, 0.29) is 0 Å². The van der Waals surface area contributed by atoms with Crippen LogP contribution in [0.4, 0.5) is 0 Å². The molecule has 3 aromatic rings. The van der Waals surface area contributed by atoms with Crippen LogP contribution < -0.4 is 0 Å². The minimum atomic E-state index is 0.686. The summed E-state index contributed by atoms with van der Waals surface area (Å²) in [5.41, 5.74) is 1.78. The van der Waals surface area contributed by atoms with Gasteiger partial charge >= 0.3 is 0 Å². The first-order valence-corrected chi connectivity index (χ1v) is 6.16. The fraction of sp³-hybridized carbons (Fsp3) is 0. The average Bonchev–Trinajstić information content (AvgIpc) is 2.39. The zero-order valence-corrected chi connectivity index (χ0v) is 10.8. The smallest absolute Gasteiger partial charge is 0.101 e. The fourth-order valence-corrected chi connectivity index (χ4v) is 2.17. The molecule has 1 aromatic heterocycles. The molecule has 0 aliphatic carbocycles. The van der Waals surface area contributed by atoms with Gasteiger partial charge in [-0.2, -0.15) is 5.10 Å². The summed E-state index contributed by atoms with van der Waals surface area (Å²) >= 11 is 11.9. The van der Waals surface area contributed by atoms with Crippen LogP contribution in [0.3, 0.4) is 0 Å². The first kappa shape index (κ1) is 11.5. The van der Waals surface area contributed by atoms with Crippen LogP contribution in [0, 0.1) is 0 Å². The molecule has 0 saturated carbocycles. The van der Waals surface area contributed by atoms with E-state index in [0.717, 1.165) is 22.0 Å². The van der Waals surface area contributed by atoms with Crippen molar-refractivity contribution in [2.24, 2.45) is 0 Å². The average molecular weight is 275 g/mol. The molecule has 0 bridgehead atoms. The minimum Gasteiger partial charge on any atom is -0.158 e. The van der Waals surface area contributed by atoms with E-state index in [9.17, 15) is 0 Å². The van der Waals surface area contributed by atoms with Gasteiger partial charge in [0.05, 0.1) is 6.20 Å². The van der Waals surface area contributed by atoms with E-state index in [1.807, 2.05) is 42.5 Å². The van der Waals surface area contributed by atoms with Gasteiger partial charge in [-0.25, -0.2) is 0 Å². The number of nitrogens with zero attached hydrogens (tertiary/aromatic N) is 2. The van der Waals surface area contributed by atoms with E-state index in [1.54, 1.807) is 6.20 Å². The van der Waals surface area contributed by atoms with Gasteiger partial charge in [-0.3, -0.25) is 0 Å². The predicted molar refractivity (Wildman–Crippen MR) is 75.0 cm³/mol. The Morgan fingerprint density at radius 1 is 0.833 bits per heavy atom. The Bertz CT molecular complexity index is 709. The highest BCUT2D eigenvalue weighted by Crippen LogP contribution is 2.28. The molecule has 0 spiro atoms. The van der Waals surface area contributed by atoms with Crippen LogP contribution in [0.1, 0.15) is 0 Å². The molecular weight excluding hydrogens is 267 g/mol. The van der Waals surface area contributed by atoms with Crippen molar-refractivity contribution in [1.82, 2.24) is 10.2 Å². The van der Waals surface area contributed by atoms with Crippen molar-refractivity contribution in [3.05, 3.63) is 58.7 Å². The number of benzene rings is 2. The molecular formula is C14H8Cl2N2. The molecule has 0 atom stereocenters. The van der Waals surface area contributed by atoms with Gasteiger partial charge in [0.25, 0.3) is 0 Å². The van der Waals surface area contributed by atoms with Gasteiger partial charge < -0.3 is 0 Å². The second-order valence-corrected chi connectivity index (χ2v) is 4.80. The van der Waals surface area contributed by atoms with Gasteiger partial charge in [-0.15, -0.1) is 5.10 Å². The summed E-state index contributed by atoms with van der Waals surface area (Å²) in [4.78, 5) is 0. The second kappa shape index (κ2) is 4.56. The lowest BCUT2D eigenvalue weighted by atomic mass is 10.1.